The molecule has 3 rings (SSSR count). The zero-order valence-electron chi connectivity index (χ0n) is 11.6. The molecule has 0 bridgehead atoms. The predicted octanol–water partition coefficient (Wildman–Crippen LogP) is 1.93. The summed E-state index contributed by atoms with van der Waals surface area (Å²) in [7, 11) is 0. The molecule has 2 atom stereocenters. The van der Waals surface area contributed by atoms with E-state index in [0.717, 1.165) is 25.5 Å². The standard InChI is InChI=1S/C13H22N4OS/c1-9(2)12-14-15-13(19)17(12)7-11-6-16-5-3-4-10(16)8-18-11/h9-11H,3-8H2,1-2H3,(H,15,19). The minimum Gasteiger partial charge on any atom is -0.373 e. The molecule has 106 valence electrons. The molecule has 0 radical (unpaired) electrons. The smallest absolute Gasteiger partial charge is 0.195 e. The number of aromatic nitrogens is 3. The number of nitrogens with one attached hydrogen (secondary N) is 1. The van der Waals surface area contributed by atoms with E-state index in [1.165, 1.54) is 19.4 Å². The van der Waals surface area contributed by atoms with Crippen LogP contribution < -0.4 is 0 Å². The van der Waals surface area contributed by atoms with Crippen LogP contribution in [0.5, 0.6) is 0 Å². The molecule has 2 fully saturated rings. The molecule has 6 heteroatoms. The molecular formula is C13H22N4OS. The molecule has 3 heterocycles. The normalized spacial score (nSPS) is 27.9. The molecule has 0 amide bonds. The van der Waals surface area contributed by atoms with Gasteiger partial charge >= 0.3 is 0 Å². The summed E-state index contributed by atoms with van der Waals surface area (Å²) in [4.78, 5) is 2.56. The Balaban J connectivity index is 1.71. The highest BCUT2D eigenvalue weighted by Crippen LogP contribution is 2.23. The van der Waals surface area contributed by atoms with Gasteiger partial charge in [-0.3, -0.25) is 10.00 Å². The molecule has 1 aromatic rings. The molecule has 1 aromatic heterocycles. The fraction of sp³-hybridized carbons (Fsp3) is 0.846. The van der Waals surface area contributed by atoms with E-state index in [0.29, 0.717) is 16.7 Å². The minimum atomic E-state index is 0.233. The van der Waals surface area contributed by atoms with Gasteiger partial charge in [0.05, 0.1) is 19.3 Å². The number of nitrogens with zero attached hydrogens (tertiary/aromatic N) is 3. The maximum atomic E-state index is 6.00. The lowest BCUT2D eigenvalue weighted by atomic mass is 10.1. The monoisotopic (exact) mass is 282 g/mol. The third-order valence-electron chi connectivity index (χ3n) is 4.15. The molecule has 2 aliphatic heterocycles. The van der Waals surface area contributed by atoms with Gasteiger partial charge in [0, 0.05) is 18.5 Å². The molecule has 5 nitrogen and oxygen atoms in total. The maximum absolute atomic E-state index is 6.00. The van der Waals surface area contributed by atoms with Crippen molar-refractivity contribution in [3.05, 3.63) is 10.6 Å². The number of ether oxygens (including phenoxy) is 1. The summed E-state index contributed by atoms with van der Waals surface area (Å²) in [5.74, 6) is 1.40. The Labute approximate surface area is 118 Å². The van der Waals surface area contributed by atoms with Gasteiger partial charge in [-0.15, -0.1) is 0 Å². The van der Waals surface area contributed by atoms with E-state index in [1.54, 1.807) is 0 Å². The van der Waals surface area contributed by atoms with E-state index in [4.69, 9.17) is 17.0 Å². The topological polar surface area (TPSA) is 46.1 Å². The Morgan fingerprint density at radius 3 is 3.16 bits per heavy atom. The Kier molecular flexibility index (Phi) is 3.73. The Hall–Kier alpha value is -0.720. The van der Waals surface area contributed by atoms with Gasteiger partial charge in [-0.05, 0) is 31.6 Å². The molecule has 1 N–H and O–H groups in total. The van der Waals surface area contributed by atoms with Crippen LogP contribution in [0.25, 0.3) is 0 Å². The first-order valence-corrected chi connectivity index (χ1v) is 7.56. The van der Waals surface area contributed by atoms with Crippen molar-refractivity contribution in [2.75, 3.05) is 19.7 Å². The Bertz CT molecular complexity index is 495. The second kappa shape index (κ2) is 5.34. The molecule has 0 saturated carbocycles. The van der Waals surface area contributed by atoms with Crippen LogP contribution in [0.3, 0.4) is 0 Å². The van der Waals surface area contributed by atoms with Crippen LogP contribution >= 0.6 is 12.2 Å². The van der Waals surface area contributed by atoms with Gasteiger partial charge in [0.15, 0.2) is 4.77 Å². The number of fused-ring (bicyclic) bond motifs is 1. The Morgan fingerprint density at radius 2 is 2.37 bits per heavy atom. The van der Waals surface area contributed by atoms with Crippen LogP contribution in [0.15, 0.2) is 0 Å². The van der Waals surface area contributed by atoms with E-state index >= 15 is 0 Å². The number of morpholine rings is 1. The van der Waals surface area contributed by atoms with Crippen molar-refractivity contribution in [3.63, 3.8) is 0 Å². The zero-order valence-corrected chi connectivity index (χ0v) is 12.4. The second-order valence-electron chi connectivity index (χ2n) is 5.90. The summed E-state index contributed by atoms with van der Waals surface area (Å²) in [6, 6.07) is 0.651. The number of aromatic amines is 1. The van der Waals surface area contributed by atoms with Crippen molar-refractivity contribution < 1.29 is 4.74 Å². The predicted molar refractivity (Wildman–Crippen MR) is 75.8 cm³/mol. The number of hydrogen-bond donors (Lipinski definition) is 1. The first-order valence-electron chi connectivity index (χ1n) is 7.16. The van der Waals surface area contributed by atoms with Gasteiger partial charge in [0.2, 0.25) is 0 Å². The number of hydrogen-bond acceptors (Lipinski definition) is 4. The van der Waals surface area contributed by atoms with Crippen LogP contribution in [0.4, 0.5) is 0 Å². The van der Waals surface area contributed by atoms with Crippen LogP contribution in [-0.2, 0) is 11.3 Å². The number of rotatable bonds is 3. The van der Waals surface area contributed by atoms with E-state index in [2.05, 4.69) is 33.5 Å². The first-order chi connectivity index (χ1) is 9.15. The summed E-state index contributed by atoms with van der Waals surface area (Å²) >= 11 is 5.33. The summed E-state index contributed by atoms with van der Waals surface area (Å²) < 4.78 is 8.81. The lowest BCUT2D eigenvalue weighted by molar-refractivity contribution is -0.0556. The summed E-state index contributed by atoms with van der Waals surface area (Å²) in [6.07, 6.45) is 2.83. The molecule has 0 spiro atoms. The van der Waals surface area contributed by atoms with Crippen LogP contribution in [0.1, 0.15) is 38.4 Å². The maximum Gasteiger partial charge on any atom is 0.195 e. The van der Waals surface area contributed by atoms with Crippen LogP contribution in [-0.4, -0.2) is 51.5 Å². The van der Waals surface area contributed by atoms with Gasteiger partial charge < -0.3 is 9.30 Å². The Morgan fingerprint density at radius 1 is 1.53 bits per heavy atom. The van der Waals surface area contributed by atoms with Crippen molar-refractivity contribution in [1.29, 1.82) is 0 Å². The molecule has 0 aliphatic carbocycles. The van der Waals surface area contributed by atoms with Crippen molar-refractivity contribution in [1.82, 2.24) is 19.7 Å². The average Bonchev–Trinajstić information content (AvgIpc) is 2.97. The summed E-state index contributed by atoms with van der Waals surface area (Å²) in [5, 5.41) is 7.22. The van der Waals surface area contributed by atoms with Gasteiger partial charge in [-0.1, -0.05) is 13.8 Å². The quantitative estimate of drug-likeness (QED) is 0.861. The highest BCUT2D eigenvalue weighted by atomic mass is 32.1. The third kappa shape index (κ3) is 2.61. The SMILES string of the molecule is CC(C)c1n[nH]c(=S)n1CC1CN2CCCC2CO1. The van der Waals surface area contributed by atoms with E-state index in [1.807, 2.05) is 0 Å². The largest absolute Gasteiger partial charge is 0.373 e. The van der Waals surface area contributed by atoms with Crippen molar-refractivity contribution in [2.45, 2.75) is 51.3 Å². The van der Waals surface area contributed by atoms with Crippen LogP contribution in [0.2, 0.25) is 0 Å². The van der Waals surface area contributed by atoms with E-state index in [-0.39, 0.29) is 6.10 Å². The van der Waals surface area contributed by atoms with Gasteiger partial charge in [-0.25, -0.2) is 0 Å². The summed E-state index contributed by atoms with van der Waals surface area (Å²) in [5.41, 5.74) is 0. The van der Waals surface area contributed by atoms with E-state index in [9.17, 15) is 0 Å². The van der Waals surface area contributed by atoms with Crippen molar-refractivity contribution in [2.24, 2.45) is 0 Å². The fourth-order valence-corrected chi connectivity index (χ4v) is 3.36. The van der Waals surface area contributed by atoms with Crippen molar-refractivity contribution >= 4 is 12.2 Å². The molecular weight excluding hydrogens is 260 g/mol. The molecule has 2 unspecified atom stereocenters. The molecule has 19 heavy (non-hydrogen) atoms. The minimum absolute atomic E-state index is 0.233. The molecule has 2 saturated heterocycles. The molecule has 0 aromatic carbocycles. The van der Waals surface area contributed by atoms with Gasteiger partial charge in [0.1, 0.15) is 5.82 Å². The highest BCUT2D eigenvalue weighted by Gasteiger charge is 2.32. The van der Waals surface area contributed by atoms with Gasteiger partial charge in [-0.2, -0.15) is 5.10 Å². The zero-order chi connectivity index (χ0) is 13.4. The fourth-order valence-electron chi connectivity index (χ4n) is 3.15. The second-order valence-corrected chi connectivity index (χ2v) is 6.29. The average molecular weight is 282 g/mol. The summed E-state index contributed by atoms with van der Waals surface area (Å²) in [6.45, 7) is 8.20. The lowest BCUT2D eigenvalue weighted by Gasteiger charge is -2.35. The van der Waals surface area contributed by atoms with Crippen LogP contribution in [0, 0.1) is 4.77 Å². The lowest BCUT2D eigenvalue weighted by Crippen LogP contribution is -2.47. The van der Waals surface area contributed by atoms with Crippen molar-refractivity contribution in [3.8, 4) is 0 Å². The first kappa shape index (κ1) is 13.3. The third-order valence-corrected chi connectivity index (χ3v) is 4.46. The van der Waals surface area contributed by atoms with Gasteiger partial charge in [0.25, 0.3) is 0 Å². The van der Waals surface area contributed by atoms with E-state index < -0.39 is 0 Å². The molecule has 2 aliphatic rings. The highest BCUT2D eigenvalue weighted by molar-refractivity contribution is 7.71. The number of H-pyrrole nitrogens is 1.